The van der Waals surface area contributed by atoms with Gasteiger partial charge in [0.25, 0.3) is 5.91 Å². The zero-order valence-electron chi connectivity index (χ0n) is 12.9. The SMILES string of the molecule is COc1cccc(Nc2cc(C(=O)N3CCOCC3)ncn2)c1. The van der Waals surface area contributed by atoms with Crippen molar-refractivity contribution < 1.29 is 14.3 Å². The molecule has 0 bridgehead atoms. The van der Waals surface area contributed by atoms with Crippen molar-refractivity contribution in [3.8, 4) is 5.75 Å². The summed E-state index contributed by atoms with van der Waals surface area (Å²) in [6.07, 6.45) is 1.39. The number of nitrogens with one attached hydrogen (secondary N) is 1. The van der Waals surface area contributed by atoms with Gasteiger partial charge in [-0.1, -0.05) is 6.07 Å². The number of amides is 1. The van der Waals surface area contributed by atoms with Gasteiger partial charge < -0.3 is 19.7 Å². The van der Waals surface area contributed by atoms with E-state index in [-0.39, 0.29) is 5.91 Å². The molecule has 23 heavy (non-hydrogen) atoms. The summed E-state index contributed by atoms with van der Waals surface area (Å²) >= 11 is 0. The topological polar surface area (TPSA) is 76.6 Å². The number of methoxy groups -OCH3 is 1. The maximum atomic E-state index is 12.4. The minimum Gasteiger partial charge on any atom is -0.497 e. The van der Waals surface area contributed by atoms with Gasteiger partial charge >= 0.3 is 0 Å². The number of aromatic nitrogens is 2. The first-order chi connectivity index (χ1) is 11.3. The third kappa shape index (κ3) is 3.75. The fourth-order valence-corrected chi connectivity index (χ4v) is 2.32. The molecular weight excluding hydrogens is 296 g/mol. The Hall–Kier alpha value is -2.67. The van der Waals surface area contributed by atoms with E-state index in [9.17, 15) is 4.79 Å². The van der Waals surface area contributed by atoms with Crippen molar-refractivity contribution in [2.24, 2.45) is 0 Å². The Labute approximate surface area is 134 Å². The van der Waals surface area contributed by atoms with Crippen molar-refractivity contribution in [3.63, 3.8) is 0 Å². The molecule has 1 aromatic heterocycles. The molecule has 3 rings (SSSR count). The number of anilines is 2. The van der Waals surface area contributed by atoms with Gasteiger partial charge in [0, 0.05) is 30.9 Å². The largest absolute Gasteiger partial charge is 0.497 e. The summed E-state index contributed by atoms with van der Waals surface area (Å²) in [6.45, 7) is 2.29. The van der Waals surface area contributed by atoms with Gasteiger partial charge in [0.1, 0.15) is 23.6 Å². The molecule has 7 nitrogen and oxygen atoms in total. The minimum atomic E-state index is -0.107. The van der Waals surface area contributed by atoms with Crippen LogP contribution in [0.5, 0.6) is 5.75 Å². The van der Waals surface area contributed by atoms with Crippen LogP contribution in [0, 0.1) is 0 Å². The summed E-state index contributed by atoms with van der Waals surface area (Å²) in [6, 6.07) is 9.14. The summed E-state index contributed by atoms with van der Waals surface area (Å²) in [7, 11) is 1.61. The second-order valence-corrected chi connectivity index (χ2v) is 5.05. The summed E-state index contributed by atoms with van der Waals surface area (Å²) < 4.78 is 10.4. The first kappa shape index (κ1) is 15.2. The predicted molar refractivity (Wildman–Crippen MR) is 85.0 cm³/mol. The highest BCUT2D eigenvalue weighted by Crippen LogP contribution is 2.20. The van der Waals surface area contributed by atoms with Crippen LogP contribution in [0.25, 0.3) is 0 Å². The van der Waals surface area contributed by atoms with Gasteiger partial charge in [-0.2, -0.15) is 0 Å². The molecule has 1 aliphatic heterocycles. The van der Waals surface area contributed by atoms with Crippen LogP contribution in [-0.4, -0.2) is 54.2 Å². The van der Waals surface area contributed by atoms with Gasteiger partial charge in [-0.25, -0.2) is 9.97 Å². The Morgan fingerprint density at radius 1 is 1.26 bits per heavy atom. The second kappa shape index (κ2) is 7.06. The van der Waals surface area contributed by atoms with Gasteiger partial charge in [-0.15, -0.1) is 0 Å². The molecule has 1 amide bonds. The van der Waals surface area contributed by atoms with Crippen LogP contribution in [0.15, 0.2) is 36.7 Å². The maximum Gasteiger partial charge on any atom is 0.272 e. The normalized spacial score (nSPS) is 14.4. The van der Waals surface area contributed by atoms with Crippen molar-refractivity contribution in [3.05, 3.63) is 42.4 Å². The average molecular weight is 314 g/mol. The minimum absolute atomic E-state index is 0.107. The van der Waals surface area contributed by atoms with Crippen LogP contribution in [0.2, 0.25) is 0 Å². The molecule has 0 spiro atoms. The molecule has 1 aliphatic rings. The van der Waals surface area contributed by atoms with E-state index in [2.05, 4.69) is 15.3 Å². The van der Waals surface area contributed by atoms with Gasteiger partial charge in [0.05, 0.1) is 20.3 Å². The summed E-state index contributed by atoms with van der Waals surface area (Å²) in [4.78, 5) is 22.4. The Morgan fingerprint density at radius 2 is 2.09 bits per heavy atom. The standard InChI is InChI=1S/C16H18N4O3/c1-22-13-4-2-3-12(9-13)19-15-10-14(17-11-18-15)16(21)20-5-7-23-8-6-20/h2-4,9-11H,5-8H2,1H3,(H,17,18,19). The van der Waals surface area contributed by atoms with E-state index in [1.54, 1.807) is 18.1 Å². The molecule has 0 atom stereocenters. The number of carbonyl (C=O) groups is 1. The number of hydrogen-bond donors (Lipinski definition) is 1. The highest BCUT2D eigenvalue weighted by atomic mass is 16.5. The quantitative estimate of drug-likeness (QED) is 0.925. The van der Waals surface area contributed by atoms with Crippen LogP contribution >= 0.6 is 0 Å². The monoisotopic (exact) mass is 314 g/mol. The third-order valence-electron chi connectivity index (χ3n) is 3.53. The molecular formula is C16H18N4O3. The average Bonchev–Trinajstić information content (AvgIpc) is 2.62. The molecule has 0 radical (unpaired) electrons. The summed E-state index contributed by atoms with van der Waals surface area (Å²) in [5.41, 5.74) is 1.19. The number of rotatable bonds is 4. The number of carbonyl (C=O) groups excluding carboxylic acids is 1. The number of morpholine rings is 1. The fraction of sp³-hybridized carbons (Fsp3) is 0.312. The molecule has 1 aromatic carbocycles. The smallest absolute Gasteiger partial charge is 0.272 e. The first-order valence-corrected chi connectivity index (χ1v) is 7.36. The van der Waals surface area contributed by atoms with Crippen LogP contribution in [0.1, 0.15) is 10.5 Å². The molecule has 0 saturated carbocycles. The van der Waals surface area contributed by atoms with E-state index in [1.165, 1.54) is 6.33 Å². The molecule has 0 aliphatic carbocycles. The van der Waals surface area contributed by atoms with Crippen molar-refractivity contribution in [2.45, 2.75) is 0 Å². The first-order valence-electron chi connectivity index (χ1n) is 7.36. The van der Waals surface area contributed by atoms with Crippen molar-refractivity contribution in [2.75, 3.05) is 38.7 Å². The van der Waals surface area contributed by atoms with Crippen LogP contribution in [-0.2, 0) is 4.74 Å². The fourth-order valence-electron chi connectivity index (χ4n) is 2.32. The van der Waals surface area contributed by atoms with Gasteiger partial charge in [-0.3, -0.25) is 4.79 Å². The lowest BCUT2D eigenvalue weighted by Gasteiger charge is -2.26. The van der Waals surface area contributed by atoms with Gasteiger partial charge in [0.15, 0.2) is 0 Å². The van der Waals surface area contributed by atoms with Crippen LogP contribution in [0.4, 0.5) is 11.5 Å². The third-order valence-corrected chi connectivity index (χ3v) is 3.53. The van der Waals surface area contributed by atoms with Crippen LogP contribution < -0.4 is 10.1 Å². The van der Waals surface area contributed by atoms with Crippen LogP contribution in [0.3, 0.4) is 0 Å². The predicted octanol–water partition coefficient (Wildman–Crippen LogP) is 1.70. The zero-order chi connectivity index (χ0) is 16.1. The van der Waals surface area contributed by atoms with Gasteiger partial charge in [-0.05, 0) is 12.1 Å². The molecule has 1 fully saturated rings. The lowest BCUT2D eigenvalue weighted by molar-refractivity contribution is 0.0299. The lowest BCUT2D eigenvalue weighted by Crippen LogP contribution is -2.41. The van der Waals surface area contributed by atoms with E-state index in [1.807, 2.05) is 24.3 Å². The second-order valence-electron chi connectivity index (χ2n) is 5.05. The molecule has 1 saturated heterocycles. The molecule has 0 unspecified atom stereocenters. The van der Waals surface area contributed by atoms with Crippen molar-refractivity contribution >= 4 is 17.4 Å². The van der Waals surface area contributed by atoms with E-state index < -0.39 is 0 Å². The highest BCUT2D eigenvalue weighted by Gasteiger charge is 2.20. The number of nitrogens with zero attached hydrogens (tertiary/aromatic N) is 3. The van der Waals surface area contributed by atoms with Crippen molar-refractivity contribution in [1.82, 2.24) is 14.9 Å². The highest BCUT2D eigenvalue weighted by molar-refractivity contribution is 5.93. The maximum absolute atomic E-state index is 12.4. The Balaban J connectivity index is 1.75. The van der Waals surface area contributed by atoms with E-state index in [0.29, 0.717) is 37.8 Å². The summed E-state index contributed by atoms with van der Waals surface area (Å²) in [5.74, 6) is 1.20. The van der Waals surface area contributed by atoms with Crippen molar-refractivity contribution in [1.29, 1.82) is 0 Å². The molecule has 2 aromatic rings. The Morgan fingerprint density at radius 3 is 2.87 bits per heavy atom. The van der Waals surface area contributed by atoms with E-state index in [0.717, 1.165) is 11.4 Å². The number of benzene rings is 1. The molecule has 2 heterocycles. The lowest BCUT2D eigenvalue weighted by atomic mass is 10.3. The number of ether oxygens (including phenoxy) is 2. The Kier molecular flexibility index (Phi) is 4.68. The Bertz CT molecular complexity index is 687. The number of hydrogen-bond acceptors (Lipinski definition) is 6. The zero-order valence-corrected chi connectivity index (χ0v) is 12.9. The summed E-state index contributed by atoms with van der Waals surface area (Å²) in [5, 5.41) is 3.15. The molecule has 120 valence electrons. The van der Waals surface area contributed by atoms with Gasteiger partial charge in [0.2, 0.25) is 0 Å². The molecule has 1 N–H and O–H groups in total. The molecule has 7 heteroatoms. The van der Waals surface area contributed by atoms with E-state index >= 15 is 0 Å². The van der Waals surface area contributed by atoms with E-state index in [4.69, 9.17) is 9.47 Å².